The Hall–Kier alpha value is -5.39. The number of aromatic nitrogens is 2. The van der Waals surface area contributed by atoms with Crippen molar-refractivity contribution in [3.8, 4) is 5.75 Å². The van der Waals surface area contributed by atoms with Crippen LogP contribution in [0.25, 0.3) is 17.0 Å². The molecule has 220 valence electrons. The number of aromatic amines is 1. The van der Waals surface area contributed by atoms with E-state index in [0.29, 0.717) is 22.3 Å². The van der Waals surface area contributed by atoms with Crippen molar-refractivity contribution in [2.75, 3.05) is 16.3 Å². The highest BCUT2D eigenvalue weighted by molar-refractivity contribution is 6.28. The smallest absolute Gasteiger partial charge is 0.404 e. The van der Waals surface area contributed by atoms with E-state index in [-0.39, 0.29) is 11.3 Å². The van der Waals surface area contributed by atoms with E-state index in [2.05, 4.69) is 14.9 Å². The maximum Gasteiger partial charge on any atom is 0.573 e. The summed E-state index contributed by atoms with van der Waals surface area (Å²) in [6.07, 6.45) is -0.961. The summed E-state index contributed by atoms with van der Waals surface area (Å²) in [7, 11) is 0. The minimum absolute atomic E-state index is 0.119. The van der Waals surface area contributed by atoms with E-state index < -0.39 is 42.4 Å². The van der Waals surface area contributed by atoms with Crippen LogP contribution in [0.2, 0.25) is 0 Å². The number of rotatable bonds is 7. The molecule has 0 aliphatic carbocycles. The third-order valence-corrected chi connectivity index (χ3v) is 6.59. The van der Waals surface area contributed by atoms with Crippen LogP contribution < -0.4 is 14.5 Å². The third-order valence-electron chi connectivity index (χ3n) is 6.59. The molecule has 0 radical (unpaired) electrons. The van der Waals surface area contributed by atoms with Gasteiger partial charge in [0.1, 0.15) is 12.1 Å². The van der Waals surface area contributed by atoms with Gasteiger partial charge < -0.3 is 14.5 Å². The zero-order valence-electron chi connectivity index (χ0n) is 23.1. The number of anilines is 2. The van der Waals surface area contributed by atoms with Crippen molar-refractivity contribution >= 4 is 46.1 Å². The van der Waals surface area contributed by atoms with Gasteiger partial charge in [-0.05, 0) is 50.3 Å². The van der Waals surface area contributed by atoms with Gasteiger partial charge in [0.2, 0.25) is 5.91 Å². The average Bonchev–Trinajstić information content (AvgIpc) is 3.33. The molecule has 1 aromatic heterocycles. The van der Waals surface area contributed by atoms with Gasteiger partial charge in [0.25, 0.3) is 11.8 Å². The number of alkyl halides is 3. The number of carbonyl (C=O) groups is 3. The maximum absolute atomic E-state index is 13.9. The van der Waals surface area contributed by atoms with Gasteiger partial charge in [-0.1, -0.05) is 48.5 Å². The van der Waals surface area contributed by atoms with E-state index in [1.54, 1.807) is 62.4 Å². The standard InChI is InChI=1S/C31H26F3N5O4/c1-20(2)39(26-14-8-9-15-27(26)43-31(32,33)34)28(40)19-37-16-17-38(21-10-4-3-5-11-21)30(42)23(29(37)41)18-25-22-12-6-7-13-24(22)35-36-25/h3-18,20H,19H2,1-2H3,(H,35,36). The molecule has 0 fully saturated rings. The first kappa shape index (κ1) is 29.1. The van der Waals surface area contributed by atoms with Crippen LogP contribution in [0.1, 0.15) is 19.5 Å². The fraction of sp³-hybridized carbons (Fsp3) is 0.161. The van der Waals surface area contributed by atoms with Crippen molar-refractivity contribution in [1.82, 2.24) is 15.1 Å². The fourth-order valence-corrected chi connectivity index (χ4v) is 4.72. The van der Waals surface area contributed by atoms with Crippen LogP contribution in [-0.2, 0) is 14.4 Å². The topological polar surface area (TPSA) is 98.8 Å². The lowest BCUT2D eigenvalue weighted by atomic mass is 10.1. The molecule has 0 saturated heterocycles. The normalized spacial score (nSPS) is 15.0. The average molecular weight is 590 g/mol. The Bertz CT molecular complexity index is 1730. The Balaban J connectivity index is 1.54. The Morgan fingerprint density at radius 3 is 2.35 bits per heavy atom. The largest absolute Gasteiger partial charge is 0.573 e. The van der Waals surface area contributed by atoms with Gasteiger partial charge in [-0.25, -0.2) is 0 Å². The van der Waals surface area contributed by atoms with Crippen LogP contribution >= 0.6 is 0 Å². The lowest BCUT2D eigenvalue weighted by Crippen LogP contribution is -2.45. The van der Waals surface area contributed by atoms with Gasteiger partial charge >= 0.3 is 6.36 Å². The predicted molar refractivity (Wildman–Crippen MR) is 155 cm³/mol. The molecular weight excluding hydrogens is 563 g/mol. The number of hydrogen-bond acceptors (Lipinski definition) is 5. The van der Waals surface area contributed by atoms with E-state index in [9.17, 15) is 27.6 Å². The monoisotopic (exact) mass is 589 g/mol. The van der Waals surface area contributed by atoms with E-state index >= 15 is 0 Å². The van der Waals surface area contributed by atoms with Crippen molar-refractivity contribution in [2.24, 2.45) is 0 Å². The molecule has 0 unspecified atom stereocenters. The molecule has 0 atom stereocenters. The molecule has 43 heavy (non-hydrogen) atoms. The van der Waals surface area contributed by atoms with Crippen molar-refractivity contribution in [3.63, 3.8) is 0 Å². The van der Waals surface area contributed by atoms with Gasteiger partial charge in [-0.15, -0.1) is 13.2 Å². The van der Waals surface area contributed by atoms with E-state index in [1.807, 2.05) is 6.07 Å². The number of hydrogen-bond donors (Lipinski definition) is 1. The van der Waals surface area contributed by atoms with Gasteiger partial charge in [-0.3, -0.25) is 24.4 Å². The first-order chi connectivity index (χ1) is 20.5. The van der Waals surface area contributed by atoms with Crippen molar-refractivity contribution in [2.45, 2.75) is 26.3 Å². The van der Waals surface area contributed by atoms with Crippen LogP contribution in [-0.4, -0.2) is 51.8 Å². The van der Waals surface area contributed by atoms with Gasteiger partial charge in [0, 0.05) is 29.5 Å². The summed E-state index contributed by atoms with van der Waals surface area (Å²) in [5, 5.41) is 7.80. The zero-order valence-corrected chi connectivity index (χ0v) is 23.1. The summed E-state index contributed by atoms with van der Waals surface area (Å²) < 4.78 is 43.6. The third kappa shape index (κ3) is 6.27. The molecule has 1 N–H and O–H groups in total. The number of nitrogens with one attached hydrogen (secondary N) is 1. The molecule has 12 heteroatoms. The van der Waals surface area contributed by atoms with Crippen molar-refractivity contribution in [3.05, 3.63) is 103 Å². The van der Waals surface area contributed by atoms with E-state index in [4.69, 9.17) is 0 Å². The number of carbonyl (C=O) groups excluding carboxylic acids is 3. The maximum atomic E-state index is 13.9. The summed E-state index contributed by atoms with van der Waals surface area (Å²) in [6, 6.07) is 20.5. The Labute approximate surface area is 244 Å². The SMILES string of the molecule is CC(C)N(C(=O)CN1C=CN(c2ccccc2)C(=O)C(=Cc2n[nH]c3ccccc23)C1=O)c1ccccc1OC(F)(F)F. The molecule has 0 saturated carbocycles. The highest BCUT2D eigenvalue weighted by atomic mass is 19.4. The minimum Gasteiger partial charge on any atom is -0.404 e. The van der Waals surface area contributed by atoms with Crippen LogP contribution in [0.4, 0.5) is 24.5 Å². The van der Waals surface area contributed by atoms with Gasteiger partial charge in [0.05, 0.1) is 16.9 Å². The second-order valence-electron chi connectivity index (χ2n) is 9.83. The number of halogens is 3. The fourth-order valence-electron chi connectivity index (χ4n) is 4.72. The summed E-state index contributed by atoms with van der Waals surface area (Å²) in [6.45, 7) is 2.66. The number of H-pyrrole nitrogens is 1. The molecule has 0 spiro atoms. The number of fused-ring (bicyclic) bond motifs is 1. The number of amides is 3. The molecule has 1 aliphatic rings. The molecule has 2 heterocycles. The molecule has 3 aromatic carbocycles. The highest BCUT2D eigenvalue weighted by Crippen LogP contribution is 2.34. The molecule has 4 aromatic rings. The van der Waals surface area contributed by atoms with Crippen LogP contribution in [0.3, 0.4) is 0 Å². The van der Waals surface area contributed by atoms with Crippen molar-refractivity contribution < 1.29 is 32.3 Å². The number of nitrogens with zero attached hydrogens (tertiary/aromatic N) is 4. The summed E-state index contributed by atoms with van der Waals surface area (Å²) in [5.74, 6) is -2.70. The Kier molecular flexibility index (Phi) is 8.02. The lowest BCUT2D eigenvalue weighted by Gasteiger charge is -2.30. The predicted octanol–water partition coefficient (Wildman–Crippen LogP) is 5.63. The van der Waals surface area contributed by atoms with Crippen LogP contribution in [0.5, 0.6) is 5.75 Å². The quantitative estimate of drug-likeness (QED) is 0.223. The Morgan fingerprint density at radius 1 is 0.953 bits per heavy atom. The second kappa shape index (κ2) is 11.8. The summed E-state index contributed by atoms with van der Waals surface area (Å²) in [4.78, 5) is 44.8. The molecular formula is C31H26F3N5O4. The van der Waals surface area contributed by atoms with Crippen LogP contribution in [0.15, 0.2) is 96.8 Å². The van der Waals surface area contributed by atoms with E-state index in [1.165, 1.54) is 41.6 Å². The number of para-hydroxylation sites is 4. The number of ether oxygens (including phenoxy) is 1. The number of benzene rings is 3. The molecule has 9 nitrogen and oxygen atoms in total. The molecule has 1 aliphatic heterocycles. The molecule has 5 rings (SSSR count). The second-order valence-corrected chi connectivity index (χ2v) is 9.83. The molecule has 3 amide bonds. The van der Waals surface area contributed by atoms with Crippen molar-refractivity contribution in [1.29, 1.82) is 0 Å². The summed E-state index contributed by atoms with van der Waals surface area (Å²) >= 11 is 0. The minimum atomic E-state index is -4.98. The highest BCUT2D eigenvalue weighted by Gasteiger charge is 2.36. The Morgan fingerprint density at radius 2 is 1.63 bits per heavy atom. The van der Waals surface area contributed by atoms with Gasteiger partial charge in [0.15, 0.2) is 5.75 Å². The first-order valence-electron chi connectivity index (χ1n) is 13.2. The summed E-state index contributed by atoms with van der Waals surface area (Å²) in [5.41, 5.74) is 1.13. The van der Waals surface area contributed by atoms with Gasteiger partial charge in [-0.2, -0.15) is 5.10 Å². The zero-order chi connectivity index (χ0) is 30.7. The van der Waals surface area contributed by atoms with Crippen LogP contribution in [0, 0.1) is 0 Å². The lowest BCUT2D eigenvalue weighted by molar-refractivity contribution is -0.274. The first-order valence-corrected chi connectivity index (χ1v) is 13.2. The molecule has 0 bridgehead atoms. The van der Waals surface area contributed by atoms with E-state index in [0.717, 1.165) is 15.9 Å².